The molecule has 3 aromatic rings. The number of anilines is 1. The second kappa shape index (κ2) is 9.74. The van der Waals surface area contributed by atoms with E-state index in [-0.39, 0.29) is 17.3 Å². The number of hydrogen-bond donors (Lipinski definition) is 0. The van der Waals surface area contributed by atoms with Crippen LogP contribution in [0.1, 0.15) is 15.9 Å². The lowest BCUT2D eigenvalue weighted by atomic mass is 10.1. The van der Waals surface area contributed by atoms with E-state index in [9.17, 15) is 13.6 Å². The summed E-state index contributed by atoms with van der Waals surface area (Å²) in [4.78, 5) is 19.7. The number of ketones is 1. The largest absolute Gasteiger partial charge is 0.493 e. The van der Waals surface area contributed by atoms with Gasteiger partial charge in [0.05, 0.1) is 25.8 Å². The summed E-state index contributed by atoms with van der Waals surface area (Å²) in [6.45, 7) is -0.331. The molecule has 0 aliphatic carbocycles. The van der Waals surface area contributed by atoms with Gasteiger partial charge in [0.15, 0.2) is 17.3 Å². The molecule has 1 aromatic heterocycles. The fraction of sp³-hybridized carbons (Fsp3) is 0.250. The summed E-state index contributed by atoms with van der Waals surface area (Å²) in [7, 11) is 1.33. The van der Waals surface area contributed by atoms with Crippen molar-refractivity contribution in [1.82, 2.24) is 4.98 Å². The van der Waals surface area contributed by atoms with Gasteiger partial charge in [0, 0.05) is 29.6 Å². The highest BCUT2D eigenvalue weighted by atomic mass is 19.3. The van der Waals surface area contributed by atoms with E-state index in [0.717, 1.165) is 22.3 Å². The van der Waals surface area contributed by atoms with Crippen molar-refractivity contribution in [3.8, 4) is 11.5 Å². The normalized spacial score (nSPS) is 14.3. The summed E-state index contributed by atoms with van der Waals surface area (Å²) in [6, 6.07) is 13.9. The maximum absolute atomic E-state index is 12.8. The zero-order valence-corrected chi connectivity index (χ0v) is 17.5. The highest BCUT2D eigenvalue weighted by Gasteiger charge is 2.17. The number of methoxy groups -OCH3 is 1. The number of ether oxygens (including phenoxy) is 3. The highest BCUT2D eigenvalue weighted by Crippen LogP contribution is 2.30. The minimum atomic E-state index is -2.98. The van der Waals surface area contributed by atoms with Crippen molar-refractivity contribution in [1.29, 1.82) is 0 Å². The van der Waals surface area contributed by atoms with Gasteiger partial charge in [-0.1, -0.05) is 18.2 Å². The molecule has 2 heterocycles. The van der Waals surface area contributed by atoms with Gasteiger partial charge in [-0.2, -0.15) is 8.78 Å². The molecule has 1 aliphatic rings. The molecule has 1 aliphatic heterocycles. The molecule has 8 heteroatoms. The van der Waals surface area contributed by atoms with E-state index in [1.807, 2.05) is 30.3 Å². The SMILES string of the molecule is COc1cc(C(=O)/C=C/c2cc3ccccc3nc2N2CCOCC2)ccc1OC(F)F. The summed E-state index contributed by atoms with van der Waals surface area (Å²) >= 11 is 0. The number of carbonyl (C=O) groups is 1. The number of rotatable bonds is 7. The Balaban J connectivity index is 1.64. The number of allylic oxidation sites excluding steroid dienone is 1. The number of pyridine rings is 1. The van der Waals surface area contributed by atoms with Gasteiger partial charge in [0.1, 0.15) is 5.82 Å². The van der Waals surface area contributed by atoms with E-state index in [0.29, 0.717) is 31.9 Å². The van der Waals surface area contributed by atoms with Crippen molar-refractivity contribution >= 4 is 28.6 Å². The first-order valence-corrected chi connectivity index (χ1v) is 10.1. The predicted octanol–water partition coefficient (Wildman–Crippen LogP) is 4.58. The Morgan fingerprint density at radius 3 is 2.66 bits per heavy atom. The smallest absolute Gasteiger partial charge is 0.387 e. The highest BCUT2D eigenvalue weighted by molar-refractivity contribution is 6.07. The maximum atomic E-state index is 12.8. The minimum Gasteiger partial charge on any atom is -0.493 e. The van der Waals surface area contributed by atoms with Crippen molar-refractivity contribution in [3.63, 3.8) is 0 Å². The molecule has 0 amide bonds. The van der Waals surface area contributed by atoms with Crippen molar-refractivity contribution in [2.24, 2.45) is 0 Å². The Morgan fingerprint density at radius 1 is 1.12 bits per heavy atom. The number of morpholine rings is 1. The number of alkyl halides is 2. The topological polar surface area (TPSA) is 60.9 Å². The van der Waals surface area contributed by atoms with Crippen LogP contribution in [0, 0.1) is 0 Å². The zero-order valence-electron chi connectivity index (χ0n) is 17.5. The maximum Gasteiger partial charge on any atom is 0.387 e. The van der Waals surface area contributed by atoms with Crippen LogP contribution in [-0.4, -0.2) is 50.8 Å². The minimum absolute atomic E-state index is 0.0610. The fourth-order valence-corrected chi connectivity index (χ4v) is 3.55. The lowest BCUT2D eigenvalue weighted by Gasteiger charge is -2.29. The average Bonchev–Trinajstić information content (AvgIpc) is 2.82. The first kappa shape index (κ1) is 21.7. The average molecular weight is 440 g/mol. The third-order valence-electron chi connectivity index (χ3n) is 5.12. The number of hydrogen-bond acceptors (Lipinski definition) is 6. The van der Waals surface area contributed by atoms with Crippen LogP contribution in [0.15, 0.2) is 54.6 Å². The van der Waals surface area contributed by atoms with Crippen LogP contribution in [0.2, 0.25) is 0 Å². The number of carbonyl (C=O) groups excluding carboxylic acids is 1. The lowest BCUT2D eigenvalue weighted by molar-refractivity contribution is -0.0512. The molecule has 166 valence electrons. The van der Waals surface area contributed by atoms with Gasteiger partial charge < -0.3 is 19.1 Å². The molecule has 2 aromatic carbocycles. The van der Waals surface area contributed by atoms with E-state index in [1.54, 1.807) is 6.08 Å². The van der Waals surface area contributed by atoms with Crippen molar-refractivity contribution in [2.75, 3.05) is 38.3 Å². The number of benzene rings is 2. The Morgan fingerprint density at radius 2 is 1.91 bits per heavy atom. The Bertz CT molecular complexity index is 1140. The van der Waals surface area contributed by atoms with Crippen LogP contribution in [-0.2, 0) is 4.74 Å². The Labute approximate surface area is 184 Å². The Hall–Kier alpha value is -3.52. The van der Waals surface area contributed by atoms with Gasteiger partial charge in [0.2, 0.25) is 0 Å². The lowest BCUT2D eigenvalue weighted by Crippen LogP contribution is -2.37. The molecule has 1 saturated heterocycles. The molecular formula is C24H22F2N2O4. The van der Waals surface area contributed by atoms with Gasteiger partial charge in [0.25, 0.3) is 0 Å². The summed E-state index contributed by atoms with van der Waals surface area (Å²) in [5.41, 5.74) is 1.97. The molecule has 1 fully saturated rings. The quantitative estimate of drug-likeness (QED) is 0.396. The van der Waals surface area contributed by atoms with Gasteiger partial charge >= 0.3 is 6.61 Å². The predicted molar refractivity (Wildman–Crippen MR) is 118 cm³/mol. The zero-order chi connectivity index (χ0) is 22.5. The van der Waals surface area contributed by atoms with Crippen LogP contribution in [0.25, 0.3) is 17.0 Å². The second-order valence-corrected chi connectivity index (χ2v) is 7.14. The van der Waals surface area contributed by atoms with Gasteiger partial charge in [-0.05, 0) is 42.5 Å². The van der Waals surface area contributed by atoms with Crippen molar-refractivity contribution in [2.45, 2.75) is 6.61 Å². The number of nitrogens with zero attached hydrogens (tertiary/aromatic N) is 2. The summed E-state index contributed by atoms with van der Waals surface area (Å²) in [6.07, 6.45) is 3.17. The molecule has 0 radical (unpaired) electrons. The third kappa shape index (κ3) is 4.86. The first-order chi connectivity index (χ1) is 15.5. The molecule has 0 atom stereocenters. The second-order valence-electron chi connectivity index (χ2n) is 7.14. The van der Waals surface area contributed by atoms with Crippen LogP contribution in [0.5, 0.6) is 11.5 Å². The van der Waals surface area contributed by atoms with Crippen LogP contribution in [0.4, 0.5) is 14.6 Å². The van der Waals surface area contributed by atoms with Crippen LogP contribution < -0.4 is 14.4 Å². The molecule has 0 bridgehead atoms. The summed E-state index contributed by atoms with van der Waals surface area (Å²) in [5.74, 6) is 0.421. The number of aromatic nitrogens is 1. The molecule has 0 spiro atoms. The molecule has 6 nitrogen and oxygen atoms in total. The standard InChI is InChI=1S/C24H22F2N2O4/c1-30-22-15-17(7-9-21(22)32-24(25)26)20(29)8-6-18-14-16-4-2-3-5-19(16)27-23(18)28-10-12-31-13-11-28/h2-9,14-15,24H,10-13H2,1H3/b8-6+. The third-order valence-corrected chi connectivity index (χ3v) is 5.12. The molecular weight excluding hydrogens is 418 g/mol. The monoisotopic (exact) mass is 440 g/mol. The molecule has 0 N–H and O–H groups in total. The van der Waals surface area contributed by atoms with Gasteiger partial charge in [-0.25, -0.2) is 4.98 Å². The van der Waals surface area contributed by atoms with Crippen molar-refractivity contribution in [3.05, 3.63) is 65.7 Å². The summed E-state index contributed by atoms with van der Waals surface area (Å²) < 4.78 is 40.0. The number of halogens is 2. The van der Waals surface area contributed by atoms with Crippen LogP contribution >= 0.6 is 0 Å². The number of fused-ring (bicyclic) bond motifs is 1. The first-order valence-electron chi connectivity index (χ1n) is 10.1. The van der Waals surface area contributed by atoms with E-state index in [2.05, 4.69) is 9.64 Å². The summed E-state index contributed by atoms with van der Waals surface area (Å²) in [5, 5.41) is 0.965. The van der Waals surface area contributed by atoms with E-state index in [4.69, 9.17) is 14.5 Å². The fourth-order valence-electron chi connectivity index (χ4n) is 3.55. The molecule has 0 saturated carbocycles. The van der Waals surface area contributed by atoms with Gasteiger partial charge in [-0.3, -0.25) is 4.79 Å². The van der Waals surface area contributed by atoms with Gasteiger partial charge in [-0.15, -0.1) is 0 Å². The van der Waals surface area contributed by atoms with E-state index < -0.39 is 6.61 Å². The molecule has 4 rings (SSSR count). The number of para-hydroxylation sites is 1. The Kier molecular flexibility index (Phi) is 6.61. The van der Waals surface area contributed by atoms with Crippen molar-refractivity contribution < 1.29 is 27.8 Å². The van der Waals surface area contributed by atoms with Crippen LogP contribution in [0.3, 0.4) is 0 Å². The van der Waals surface area contributed by atoms with E-state index >= 15 is 0 Å². The molecule has 32 heavy (non-hydrogen) atoms. The molecule has 0 unspecified atom stereocenters. The van der Waals surface area contributed by atoms with E-state index in [1.165, 1.54) is 31.4 Å².